The number of thiophene rings is 1. The van der Waals surface area contributed by atoms with Gasteiger partial charge in [0.2, 0.25) is 0 Å². The van der Waals surface area contributed by atoms with Gasteiger partial charge in [-0.25, -0.2) is 9.78 Å². The molecule has 0 saturated heterocycles. The van der Waals surface area contributed by atoms with Crippen molar-refractivity contribution in [1.82, 2.24) is 4.98 Å². The van der Waals surface area contributed by atoms with E-state index in [1.165, 1.54) is 11.3 Å². The molecule has 10 heteroatoms. The van der Waals surface area contributed by atoms with Gasteiger partial charge < -0.3 is 10.1 Å². The maximum atomic E-state index is 13.0. The number of aryl methyl sites for hydroxylation is 1. The number of esters is 1. The molecule has 140 valence electrons. The van der Waals surface area contributed by atoms with Crippen LogP contribution in [-0.4, -0.2) is 23.5 Å². The summed E-state index contributed by atoms with van der Waals surface area (Å²) in [5.41, 5.74) is 0.844. The van der Waals surface area contributed by atoms with Crippen LogP contribution in [0.5, 0.6) is 0 Å². The molecule has 0 saturated carbocycles. The first kappa shape index (κ1) is 18.8. The molecule has 2 heterocycles. The Kier molecular flexibility index (Phi) is 5.33. The van der Waals surface area contributed by atoms with Crippen molar-refractivity contribution in [2.24, 2.45) is 0 Å². The zero-order valence-electron chi connectivity index (χ0n) is 13.7. The second-order valence-corrected chi connectivity index (χ2v) is 7.58. The SMILES string of the molecule is CCOC(=O)c1c(NC(=O)c2scnc2C(F)(F)F)sc2c1CCCC2. The van der Waals surface area contributed by atoms with E-state index < -0.39 is 28.6 Å². The number of halogens is 3. The van der Waals surface area contributed by atoms with E-state index >= 15 is 0 Å². The topological polar surface area (TPSA) is 68.3 Å². The third kappa shape index (κ3) is 3.61. The lowest BCUT2D eigenvalue weighted by Crippen LogP contribution is -2.18. The molecule has 2 aromatic heterocycles. The average Bonchev–Trinajstić information content (AvgIpc) is 3.19. The first-order valence-electron chi connectivity index (χ1n) is 7.96. The van der Waals surface area contributed by atoms with Gasteiger partial charge in [0.25, 0.3) is 5.91 Å². The predicted octanol–water partition coefficient (Wildman–Crippen LogP) is 4.53. The number of rotatable bonds is 4. The van der Waals surface area contributed by atoms with Crippen LogP contribution < -0.4 is 5.32 Å². The fourth-order valence-electron chi connectivity index (χ4n) is 2.84. The molecule has 0 unspecified atom stereocenters. The van der Waals surface area contributed by atoms with E-state index in [2.05, 4.69) is 10.3 Å². The van der Waals surface area contributed by atoms with Crippen LogP contribution in [0.3, 0.4) is 0 Å². The summed E-state index contributed by atoms with van der Waals surface area (Å²) in [4.78, 5) is 28.4. The monoisotopic (exact) mass is 404 g/mol. The van der Waals surface area contributed by atoms with Crippen LogP contribution in [-0.2, 0) is 23.8 Å². The minimum absolute atomic E-state index is 0.171. The van der Waals surface area contributed by atoms with Gasteiger partial charge in [0.15, 0.2) is 5.69 Å². The van der Waals surface area contributed by atoms with E-state index in [4.69, 9.17) is 4.74 Å². The Morgan fingerprint density at radius 3 is 2.73 bits per heavy atom. The predicted molar refractivity (Wildman–Crippen MR) is 92.0 cm³/mol. The molecule has 0 aliphatic heterocycles. The van der Waals surface area contributed by atoms with E-state index in [1.807, 2.05) is 0 Å². The Balaban J connectivity index is 1.95. The summed E-state index contributed by atoms with van der Waals surface area (Å²) in [7, 11) is 0. The van der Waals surface area contributed by atoms with Gasteiger partial charge in [0, 0.05) is 4.88 Å². The largest absolute Gasteiger partial charge is 0.462 e. The lowest BCUT2D eigenvalue weighted by atomic mass is 9.95. The Morgan fingerprint density at radius 2 is 2.04 bits per heavy atom. The molecule has 3 rings (SSSR count). The average molecular weight is 404 g/mol. The molecule has 2 aromatic rings. The van der Waals surface area contributed by atoms with Crippen LogP contribution in [0.25, 0.3) is 0 Å². The molecule has 1 aliphatic carbocycles. The molecular formula is C16H15F3N2O3S2. The number of carbonyl (C=O) groups excluding carboxylic acids is 2. The highest BCUT2D eigenvalue weighted by atomic mass is 32.1. The number of thiazole rings is 1. The molecule has 0 spiro atoms. The molecule has 5 nitrogen and oxygen atoms in total. The highest BCUT2D eigenvalue weighted by molar-refractivity contribution is 7.17. The number of anilines is 1. The number of carbonyl (C=O) groups is 2. The number of nitrogens with one attached hydrogen (secondary N) is 1. The Bertz CT molecular complexity index is 842. The highest BCUT2D eigenvalue weighted by Gasteiger charge is 2.39. The van der Waals surface area contributed by atoms with Crippen LogP contribution in [0.4, 0.5) is 18.2 Å². The number of alkyl halides is 3. The smallest absolute Gasteiger partial charge is 0.434 e. The van der Waals surface area contributed by atoms with Gasteiger partial charge in [-0.1, -0.05) is 0 Å². The third-order valence-electron chi connectivity index (χ3n) is 3.92. The van der Waals surface area contributed by atoms with Crippen molar-refractivity contribution in [3.8, 4) is 0 Å². The summed E-state index contributed by atoms with van der Waals surface area (Å²) in [6.45, 7) is 1.84. The zero-order chi connectivity index (χ0) is 18.9. The molecule has 0 fully saturated rings. The van der Waals surface area contributed by atoms with Crippen LogP contribution >= 0.6 is 22.7 Å². The number of nitrogens with zero attached hydrogens (tertiary/aromatic N) is 1. The van der Waals surface area contributed by atoms with Crippen molar-refractivity contribution >= 4 is 39.6 Å². The lowest BCUT2D eigenvalue weighted by Gasteiger charge is -2.12. The lowest BCUT2D eigenvalue weighted by molar-refractivity contribution is -0.141. The first-order chi connectivity index (χ1) is 12.3. The molecule has 1 N–H and O–H groups in total. The second-order valence-electron chi connectivity index (χ2n) is 5.62. The normalized spacial score (nSPS) is 14.0. The second kappa shape index (κ2) is 7.36. The first-order valence-corrected chi connectivity index (χ1v) is 9.66. The summed E-state index contributed by atoms with van der Waals surface area (Å²) in [5, 5.41) is 2.71. The molecule has 1 aliphatic rings. The van der Waals surface area contributed by atoms with E-state index in [1.54, 1.807) is 6.92 Å². The summed E-state index contributed by atoms with van der Waals surface area (Å²) in [6.07, 6.45) is -1.38. The molecule has 0 aromatic carbocycles. The van der Waals surface area contributed by atoms with Crippen molar-refractivity contribution in [1.29, 1.82) is 0 Å². The van der Waals surface area contributed by atoms with Crippen molar-refractivity contribution in [3.05, 3.63) is 32.1 Å². The van der Waals surface area contributed by atoms with Gasteiger partial charge in [-0.05, 0) is 38.2 Å². The number of amides is 1. The minimum atomic E-state index is -4.72. The van der Waals surface area contributed by atoms with Gasteiger partial charge in [-0.2, -0.15) is 13.2 Å². The molecular weight excluding hydrogens is 389 g/mol. The fourth-order valence-corrected chi connectivity index (χ4v) is 4.82. The fraction of sp³-hybridized carbons (Fsp3) is 0.438. The number of ether oxygens (including phenoxy) is 1. The summed E-state index contributed by atoms with van der Waals surface area (Å²) in [5.74, 6) is -1.49. The minimum Gasteiger partial charge on any atom is -0.462 e. The zero-order valence-corrected chi connectivity index (χ0v) is 15.4. The quantitative estimate of drug-likeness (QED) is 0.760. The summed E-state index contributed by atoms with van der Waals surface area (Å²) < 4.78 is 44.0. The molecule has 0 atom stereocenters. The maximum Gasteiger partial charge on any atom is 0.434 e. The number of aromatic nitrogens is 1. The standard InChI is InChI=1S/C16H15F3N2O3S2/c1-2-24-15(23)10-8-5-3-4-6-9(8)26-14(10)21-13(22)11-12(16(17,18)19)20-7-25-11/h7H,2-6H2,1H3,(H,21,22). The summed E-state index contributed by atoms with van der Waals surface area (Å²) in [6, 6.07) is 0. The van der Waals surface area contributed by atoms with Crippen LogP contribution in [0.15, 0.2) is 5.51 Å². The van der Waals surface area contributed by atoms with Gasteiger partial charge in [0.05, 0.1) is 17.7 Å². The maximum absolute atomic E-state index is 13.0. The van der Waals surface area contributed by atoms with E-state index in [9.17, 15) is 22.8 Å². The number of hydrogen-bond acceptors (Lipinski definition) is 6. The van der Waals surface area contributed by atoms with Crippen molar-refractivity contribution in [3.63, 3.8) is 0 Å². The third-order valence-corrected chi connectivity index (χ3v) is 5.95. The van der Waals surface area contributed by atoms with Gasteiger partial charge in [-0.15, -0.1) is 22.7 Å². The highest BCUT2D eigenvalue weighted by Crippen LogP contribution is 2.39. The molecule has 0 bridgehead atoms. The van der Waals surface area contributed by atoms with Crippen molar-refractivity contribution in [2.45, 2.75) is 38.8 Å². The summed E-state index contributed by atoms with van der Waals surface area (Å²) >= 11 is 1.83. The van der Waals surface area contributed by atoms with Crippen LogP contribution in [0.2, 0.25) is 0 Å². The van der Waals surface area contributed by atoms with Crippen molar-refractivity contribution in [2.75, 3.05) is 11.9 Å². The number of fused-ring (bicyclic) bond motifs is 1. The Morgan fingerprint density at radius 1 is 1.31 bits per heavy atom. The van der Waals surface area contributed by atoms with Crippen LogP contribution in [0.1, 0.15) is 55.9 Å². The van der Waals surface area contributed by atoms with Gasteiger partial charge in [0.1, 0.15) is 9.88 Å². The Hall–Kier alpha value is -1.94. The Labute approximate surface area is 155 Å². The van der Waals surface area contributed by atoms with Crippen LogP contribution in [0, 0.1) is 0 Å². The van der Waals surface area contributed by atoms with Gasteiger partial charge in [-0.3, -0.25) is 4.79 Å². The van der Waals surface area contributed by atoms with E-state index in [0.29, 0.717) is 17.8 Å². The van der Waals surface area contributed by atoms with E-state index in [0.717, 1.165) is 35.2 Å². The number of hydrogen-bond donors (Lipinski definition) is 1. The van der Waals surface area contributed by atoms with E-state index in [-0.39, 0.29) is 17.2 Å². The molecule has 26 heavy (non-hydrogen) atoms. The van der Waals surface area contributed by atoms with Crippen molar-refractivity contribution < 1.29 is 27.5 Å². The van der Waals surface area contributed by atoms with Gasteiger partial charge >= 0.3 is 12.1 Å². The molecule has 1 amide bonds. The molecule has 0 radical (unpaired) electrons.